The molecule has 3 rings (SSSR count). The van der Waals surface area contributed by atoms with Crippen LogP contribution in [-0.2, 0) is 0 Å². The predicted molar refractivity (Wildman–Crippen MR) is 111 cm³/mol. The summed E-state index contributed by atoms with van der Waals surface area (Å²) in [6, 6.07) is 13.7. The van der Waals surface area contributed by atoms with Crippen LogP contribution in [0.1, 0.15) is 22.8 Å². The molecule has 0 saturated heterocycles. The molecule has 3 aromatic rings. The summed E-state index contributed by atoms with van der Waals surface area (Å²) in [6.45, 7) is 2.13. The maximum Gasteiger partial charge on any atom is 0.343 e. The van der Waals surface area contributed by atoms with E-state index in [1.165, 1.54) is 0 Å². The Hall–Kier alpha value is -3.64. The summed E-state index contributed by atoms with van der Waals surface area (Å²) in [6.07, 6.45) is 0. The van der Waals surface area contributed by atoms with Gasteiger partial charge in [-0.2, -0.15) is 10.2 Å². The Morgan fingerprint density at radius 2 is 1.90 bits per heavy atom. The van der Waals surface area contributed by atoms with Crippen molar-refractivity contribution in [2.75, 3.05) is 18.1 Å². The molecule has 0 unspecified atom stereocenters. The van der Waals surface area contributed by atoms with Crippen molar-refractivity contribution in [3.05, 3.63) is 58.1 Å². The summed E-state index contributed by atoms with van der Waals surface area (Å²) < 4.78 is 11.7. The molecule has 0 saturated carbocycles. The molecule has 0 amide bonds. The monoisotopic (exact) mass is 453 g/mol. The summed E-state index contributed by atoms with van der Waals surface area (Å²) in [4.78, 5) is 20.4. The van der Waals surface area contributed by atoms with Crippen molar-refractivity contribution in [2.24, 2.45) is 0 Å². The summed E-state index contributed by atoms with van der Waals surface area (Å²) in [5.41, 5.74) is 12.7. The number of nitrogen functional groups attached to an aromatic ring is 2. The standard InChI is InChI=1S/C20H16BrN5O3/c1-2-28-15-8-12(17-13(10-22)18(23)26-20(24)25-17)14(21)9-16(15)29-19(27)11-6-4-3-5-7-11/h3-9H,2H2,1H3,(H4,23,24,25,26). The highest BCUT2D eigenvalue weighted by atomic mass is 79.9. The van der Waals surface area contributed by atoms with Crippen LogP contribution in [-0.4, -0.2) is 22.5 Å². The van der Waals surface area contributed by atoms with Gasteiger partial charge >= 0.3 is 5.97 Å². The lowest BCUT2D eigenvalue weighted by Crippen LogP contribution is -2.10. The molecular formula is C20H16BrN5O3. The molecule has 0 bridgehead atoms. The fourth-order valence-corrected chi connectivity index (χ4v) is 3.11. The van der Waals surface area contributed by atoms with Gasteiger partial charge in [-0.3, -0.25) is 0 Å². The zero-order valence-electron chi connectivity index (χ0n) is 15.3. The van der Waals surface area contributed by atoms with Gasteiger partial charge in [0.2, 0.25) is 5.95 Å². The number of halogens is 1. The topological polar surface area (TPSA) is 137 Å². The number of rotatable bonds is 5. The number of carbonyl (C=O) groups is 1. The van der Waals surface area contributed by atoms with Gasteiger partial charge in [-0.15, -0.1) is 0 Å². The van der Waals surface area contributed by atoms with E-state index in [4.69, 9.17) is 20.9 Å². The summed E-state index contributed by atoms with van der Waals surface area (Å²) >= 11 is 3.43. The fourth-order valence-electron chi connectivity index (χ4n) is 2.60. The molecule has 0 aliphatic carbocycles. The minimum absolute atomic E-state index is 0.0283. The van der Waals surface area contributed by atoms with E-state index in [9.17, 15) is 10.1 Å². The smallest absolute Gasteiger partial charge is 0.343 e. The molecule has 1 aromatic heterocycles. The Morgan fingerprint density at radius 1 is 1.17 bits per heavy atom. The normalized spacial score (nSPS) is 10.2. The minimum Gasteiger partial charge on any atom is -0.490 e. The van der Waals surface area contributed by atoms with Crippen molar-refractivity contribution in [3.63, 3.8) is 0 Å². The molecular weight excluding hydrogens is 438 g/mol. The fraction of sp³-hybridized carbons (Fsp3) is 0.100. The number of anilines is 2. The molecule has 0 aliphatic heterocycles. The number of hydrogen-bond acceptors (Lipinski definition) is 8. The second-order valence-electron chi connectivity index (χ2n) is 5.77. The molecule has 146 valence electrons. The third-order valence-corrected chi connectivity index (χ3v) is 4.52. The Kier molecular flexibility index (Phi) is 5.95. The van der Waals surface area contributed by atoms with Crippen molar-refractivity contribution < 1.29 is 14.3 Å². The van der Waals surface area contributed by atoms with Crippen LogP contribution in [0.3, 0.4) is 0 Å². The van der Waals surface area contributed by atoms with Crippen molar-refractivity contribution >= 4 is 33.7 Å². The van der Waals surface area contributed by atoms with E-state index in [-0.39, 0.29) is 28.8 Å². The number of esters is 1. The zero-order valence-corrected chi connectivity index (χ0v) is 16.9. The second-order valence-corrected chi connectivity index (χ2v) is 6.62. The average Bonchev–Trinajstić information content (AvgIpc) is 2.70. The van der Waals surface area contributed by atoms with E-state index in [1.54, 1.807) is 49.4 Å². The van der Waals surface area contributed by atoms with Crippen LogP contribution in [0, 0.1) is 11.3 Å². The van der Waals surface area contributed by atoms with Crippen LogP contribution in [0.4, 0.5) is 11.8 Å². The van der Waals surface area contributed by atoms with Gasteiger partial charge in [0, 0.05) is 10.0 Å². The van der Waals surface area contributed by atoms with Crippen molar-refractivity contribution in [3.8, 4) is 28.8 Å². The van der Waals surface area contributed by atoms with Gasteiger partial charge in [0.15, 0.2) is 11.5 Å². The maximum absolute atomic E-state index is 12.4. The molecule has 8 nitrogen and oxygen atoms in total. The molecule has 1 heterocycles. The maximum atomic E-state index is 12.4. The third kappa shape index (κ3) is 4.28. The lowest BCUT2D eigenvalue weighted by atomic mass is 10.1. The quantitative estimate of drug-likeness (QED) is 0.441. The molecule has 4 N–H and O–H groups in total. The van der Waals surface area contributed by atoms with E-state index in [1.807, 2.05) is 6.07 Å². The van der Waals surface area contributed by atoms with Gasteiger partial charge < -0.3 is 20.9 Å². The highest BCUT2D eigenvalue weighted by molar-refractivity contribution is 9.10. The molecule has 0 spiro atoms. The van der Waals surface area contributed by atoms with Gasteiger partial charge in [0.05, 0.1) is 17.9 Å². The molecule has 0 fully saturated rings. The van der Waals surface area contributed by atoms with E-state index in [0.717, 1.165) is 0 Å². The Bertz CT molecular complexity index is 1110. The van der Waals surface area contributed by atoms with Gasteiger partial charge in [0.1, 0.15) is 17.5 Å². The SMILES string of the molecule is CCOc1cc(-c2nc(N)nc(N)c2C#N)c(Br)cc1OC(=O)c1ccccc1. The minimum atomic E-state index is -0.528. The largest absolute Gasteiger partial charge is 0.490 e. The Morgan fingerprint density at radius 3 is 2.55 bits per heavy atom. The molecule has 0 radical (unpaired) electrons. The highest BCUT2D eigenvalue weighted by Crippen LogP contribution is 2.40. The number of nitrogens with zero attached hydrogens (tertiary/aromatic N) is 3. The van der Waals surface area contributed by atoms with E-state index < -0.39 is 5.97 Å². The Balaban J connectivity index is 2.08. The van der Waals surface area contributed by atoms with Gasteiger partial charge in [0.25, 0.3) is 0 Å². The second kappa shape index (κ2) is 8.58. The number of nitriles is 1. The van der Waals surface area contributed by atoms with Crippen LogP contribution < -0.4 is 20.9 Å². The predicted octanol–water partition coefficient (Wildman–Crippen LogP) is 3.56. The van der Waals surface area contributed by atoms with Crippen LogP contribution in [0.25, 0.3) is 11.3 Å². The molecule has 9 heteroatoms. The first-order valence-electron chi connectivity index (χ1n) is 8.51. The first kappa shape index (κ1) is 20.1. The molecule has 0 atom stereocenters. The molecule has 29 heavy (non-hydrogen) atoms. The molecule has 2 aromatic carbocycles. The number of carbonyl (C=O) groups excluding carboxylic acids is 1. The van der Waals surface area contributed by atoms with Crippen molar-refractivity contribution in [2.45, 2.75) is 6.92 Å². The van der Waals surface area contributed by atoms with Gasteiger partial charge in [-0.25, -0.2) is 9.78 Å². The Labute approximate surface area is 175 Å². The first-order chi connectivity index (χ1) is 13.9. The average molecular weight is 454 g/mol. The number of benzene rings is 2. The van der Waals surface area contributed by atoms with Crippen molar-refractivity contribution in [1.82, 2.24) is 9.97 Å². The van der Waals surface area contributed by atoms with Crippen LogP contribution in [0.15, 0.2) is 46.9 Å². The van der Waals surface area contributed by atoms with Crippen LogP contribution in [0.2, 0.25) is 0 Å². The summed E-state index contributed by atoms with van der Waals surface area (Å²) in [5, 5.41) is 9.45. The van der Waals surface area contributed by atoms with E-state index in [0.29, 0.717) is 28.0 Å². The van der Waals surface area contributed by atoms with Crippen LogP contribution >= 0.6 is 15.9 Å². The summed E-state index contributed by atoms with van der Waals surface area (Å²) in [7, 11) is 0. The van der Waals surface area contributed by atoms with E-state index >= 15 is 0 Å². The van der Waals surface area contributed by atoms with Crippen molar-refractivity contribution in [1.29, 1.82) is 5.26 Å². The lowest BCUT2D eigenvalue weighted by Gasteiger charge is -2.15. The molecule has 0 aliphatic rings. The number of nitrogens with two attached hydrogens (primary N) is 2. The lowest BCUT2D eigenvalue weighted by molar-refractivity contribution is 0.0728. The number of aromatic nitrogens is 2. The number of hydrogen-bond donors (Lipinski definition) is 2. The number of ether oxygens (including phenoxy) is 2. The first-order valence-corrected chi connectivity index (χ1v) is 9.31. The third-order valence-electron chi connectivity index (χ3n) is 3.87. The summed E-state index contributed by atoms with van der Waals surface area (Å²) in [5.74, 6) is -0.112. The zero-order chi connectivity index (χ0) is 21.0. The van der Waals surface area contributed by atoms with E-state index in [2.05, 4.69) is 25.9 Å². The highest BCUT2D eigenvalue weighted by Gasteiger charge is 2.20. The van der Waals surface area contributed by atoms with Gasteiger partial charge in [-0.1, -0.05) is 18.2 Å². The van der Waals surface area contributed by atoms with Crippen LogP contribution in [0.5, 0.6) is 11.5 Å². The van der Waals surface area contributed by atoms with Gasteiger partial charge in [-0.05, 0) is 47.1 Å².